The predicted molar refractivity (Wildman–Crippen MR) is 97.8 cm³/mol. The predicted octanol–water partition coefficient (Wildman–Crippen LogP) is 4.53. The van der Waals surface area contributed by atoms with Crippen molar-refractivity contribution in [1.29, 1.82) is 0 Å². The summed E-state index contributed by atoms with van der Waals surface area (Å²) in [6.07, 6.45) is 2.52. The van der Waals surface area contributed by atoms with Crippen LogP contribution in [0.25, 0.3) is 0 Å². The smallest absolute Gasteiger partial charge is 0.258 e. The number of likely N-dealkylation sites (tertiary alicyclic amines) is 1. The van der Waals surface area contributed by atoms with Gasteiger partial charge < -0.3 is 0 Å². The molecule has 0 radical (unpaired) electrons. The number of hydrogen-bond acceptors (Lipinski definition) is 4. The SMILES string of the molecule is C[C@@H]1CCCN(Cc2csc(NC(=O)c3ccc(F)cc3Br)n2)C1. The molecule has 128 valence electrons. The van der Waals surface area contributed by atoms with Crippen LogP contribution in [0.4, 0.5) is 9.52 Å². The lowest BCUT2D eigenvalue weighted by molar-refractivity contribution is 0.102. The van der Waals surface area contributed by atoms with Crippen LogP contribution in [0.1, 0.15) is 35.8 Å². The minimum atomic E-state index is -0.384. The molecule has 7 heteroatoms. The third-order valence-electron chi connectivity index (χ3n) is 4.07. The highest BCUT2D eigenvalue weighted by atomic mass is 79.9. The first-order chi connectivity index (χ1) is 11.5. The Kier molecular flexibility index (Phi) is 5.63. The van der Waals surface area contributed by atoms with Crippen LogP contribution in [0.5, 0.6) is 0 Å². The highest BCUT2D eigenvalue weighted by Crippen LogP contribution is 2.23. The van der Waals surface area contributed by atoms with E-state index in [1.54, 1.807) is 0 Å². The second-order valence-corrected chi connectivity index (χ2v) is 7.92. The van der Waals surface area contributed by atoms with Gasteiger partial charge in [0.25, 0.3) is 5.91 Å². The van der Waals surface area contributed by atoms with E-state index in [1.165, 1.54) is 42.4 Å². The van der Waals surface area contributed by atoms with Crippen LogP contribution < -0.4 is 5.32 Å². The zero-order chi connectivity index (χ0) is 17.1. The normalized spacial score (nSPS) is 18.5. The third kappa shape index (κ3) is 4.40. The highest BCUT2D eigenvalue weighted by Gasteiger charge is 2.18. The molecule has 1 N–H and O–H groups in total. The van der Waals surface area contributed by atoms with E-state index >= 15 is 0 Å². The first-order valence-electron chi connectivity index (χ1n) is 7.94. The van der Waals surface area contributed by atoms with Gasteiger partial charge in [0.05, 0.1) is 11.3 Å². The van der Waals surface area contributed by atoms with Crippen molar-refractivity contribution >= 4 is 38.3 Å². The number of carbonyl (C=O) groups is 1. The van der Waals surface area contributed by atoms with E-state index in [4.69, 9.17) is 0 Å². The first-order valence-corrected chi connectivity index (χ1v) is 9.61. The lowest BCUT2D eigenvalue weighted by Crippen LogP contribution is -2.33. The maximum Gasteiger partial charge on any atom is 0.258 e. The largest absolute Gasteiger partial charge is 0.298 e. The molecule has 24 heavy (non-hydrogen) atoms. The molecule has 1 aromatic carbocycles. The number of nitrogens with one attached hydrogen (secondary N) is 1. The fourth-order valence-corrected chi connectivity index (χ4v) is 4.16. The summed E-state index contributed by atoms with van der Waals surface area (Å²) in [4.78, 5) is 19.2. The lowest BCUT2D eigenvalue weighted by Gasteiger charge is -2.30. The second kappa shape index (κ2) is 7.72. The molecule has 1 amide bonds. The van der Waals surface area contributed by atoms with Gasteiger partial charge in [-0.3, -0.25) is 15.0 Å². The van der Waals surface area contributed by atoms with E-state index in [-0.39, 0.29) is 11.7 Å². The minimum absolute atomic E-state index is 0.297. The fourth-order valence-electron chi connectivity index (χ4n) is 2.93. The van der Waals surface area contributed by atoms with E-state index in [9.17, 15) is 9.18 Å². The maximum atomic E-state index is 13.1. The Morgan fingerprint density at radius 1 is 1.54 bits per heavy atom. The molecule has 2 aromatic rings. The van der Waals surface area contributed by atoms with Crippen LogP contribution in [-0.4, -0.2) is 28.9 Å². The summed E-state index contributed by atoms with van der Waals surface area (Å²) < 4.78 is 13.5. The zero-order valence-corrected chi connectivity index (χ0v) is 15.8. The minimum Gasteiger partial charge on any atom is -0.298 e. The molecular formula is C17H19BrFN3OS. The van der Waals surface area contributed by atoms with Gasteiger partial charge in [0.2, 0.25) is 0 Å². The van der Waals surface area contributed by atoms with Crippen LogP contribution >= 0.6 is 27.3 Å². The van der Waals surface area contributed by atoms with Gasteiger partial charge in [0, 0.05) is 22.9 Å². The van der Waals surface area contributed by atoms with E-state index in [1.807, 2.05) is 5.38 Å². The van der Waals surface area contributed by atoms with Gasteiger partial charge in [-0.25, -0.2) is 9.37 Å². The Morgan fingerprint density at radius 2 is 2.38 bits per heavy atom. The average Bonchev–Trinajstić information content (AvgIpc) is 2.94. The number of aromatic nitrogens is 1. The number of halogens is 2. The standard InChI is InChI=1S/C17H19BrFN3OS/c1-11-3-2-6-22(8-11)9-13-10-24-17(20-13)21-16(23)14-5-4-12(19)7-15(14)18/h4-5,7,10-11H,2-3,6,8-9H2,1H3,(H,20,21,23)/t11-/m1/s1. The molecule has 0 unspecified atom stereocenters. The van der Waals surface area contributed by atoms with Crippen molar-refractivity contribution in [1.82, 2.24) is 9.88 Å². The molecule has 1 fully saturated rings. The molecule has 2 heterocycles. The summed E-state index contributed by atoms with van der Waals surface area (Å²) in [7, 11) is 0. The van der Waals surface area contributed by atoms with E-state index in [2.05, 4.69) is 38.1 Å². The Morgan fingerprint density at radius 3 is 3.12 bits per heavy atom. The van der Waals surface area contributed by atoms with Crippen LogP contribution in [0.2, 0.25) is 0 Å². The molecule has 1 aromatic heterocycles. The van der Waals surface area contributed by atoms with E-state index in [0.29, 0.717) is 15.2 Å². The topological polar surface area (TPSA) is 45.2 Å². The number of nitrogens with zero attached hydrogens (tertiary/aromatic N) is 2. The Balaban J connectivity index is 1.62. The van der Waals surface area contributed by atoms with Gasteiger partial charge >= 0.3 is 0 Å². The van der Waals surface area contributed by atoms with Crippen molar-refractivity contribution in [3.05, 3.63) is 45.1 Å². The van der Waals surface area contributed by atoms with Crippen molar-refractivity contribution in [3.63, 3.8) is 0 Å². The summed E-state index contributed by atoms with van der Waals surface area (Å²) in [5.41, 5.74) is 1.36. The van der Waals surface area contributed by atoms with Gasteiger partial charge in [-0.15, -0.1) is 11.3 Å². The summed E-state index contributed by atoms with van der Waals surface area (Å²) in [6, 6.07) is 4.00. The number of amides is 1. The van der Waals surface area contributed by atoms with Crippen molar-refractivity contribution in [2.24, 2.45) is 5.92 Å². The van der Waals surface area contributed by atoms with Crippen molar-refractivity contribution < 1.29 is 9.18 Å². The van der Waals surface area contributed by atoms with Crippen molar-refractivity contribution in [3.8, 4) is 0 Å². The molecule has 0 bridgehead atoms. The van der Waals surface area contributed by atoms with Crippen LogP contribution in [-0.2, 0) is 6.54 Å². The Hall–Kier alpha value is -1.31. The van der Waals surface area contributed by atoms with Crippen LogP contribution in [0.15, 0.2) is 28.1 Å². The number of hydrogen-bond donors (Lipinski definition) is 1. The van der Waals surface area contributed by atoms with Crippen molar-refractivity contribution in [2.45, 2.75) is 26.3 Å². The monoisotopic (exact) mass is 411 g/mol. The average molecular weight is 412 g/mol. The summed E-state index contributed by atoms with van der Waals surface area (Å²) >= 11 is 4.62. The van der Waals surface area contributed by atoms with Gasteiger partial charge in [-0.2, -0.15) is 0 Å². The highest BCUT2D eigenvalue weighted by molar-refractivity contribution is 9.10. The lowest BCUT2D eigenvalue weighted by atomic mass is 10.0. The maximum absolute atomic E-state index is 13.1. The number of carbonyl (C=O) groups excluding carboxylic acids is 1. The molecule has 1 atom stereocenters. The number of thiazole rings is 1. The molecule has 4 nitrogen and oxygen atoms in total. The summed E-state index contributed by atoms with van der Waals surface area (Å²) in [5, 5.41) is 5.33. The quantitative estimate of drug-likeness (QED) is 0.803. The third-order valence-corrected chi connectivity index (χ3v) is 5.54. The zero-order valence-electron chi connectivity index (χ0n) is 13.4. The van der Waals surface area contributed by atoms with Gasteiger partial charge in [0.15, 0.2) is 5.13 Å². The fraction of sp³-hybridized carbons (Fsp3) is 0.412. The van der Waals surface area contributed by atoms with E-state index < -0.39 is 0 Å². The number of benzene rings is 1. The number of anilines is 1. The van der Waals surface area contributed by atoms with Gasteiger partial charge in [-0.1, -0.05) is 6.92 Å². The van der Waals surface area contributed by atoms with E-state index in [0.717, 1.165) is 31.2 Å². The van der Waals surface area contributed by atoms with Crippen molar-refractivity contribution in [2.75, 3.05) is 18.4 Å². The molecule has 0 spiro atoms. The summed E-state index contributed by atoms with van der Waals surface area (Å²) in [6.45, 7) is 5.30. The molecule has 0 saturated carbocycles. The molecule has 1 saturated heterocycles. The molecule has 1 aliphatic rings. The molecule has 3 rings (SSSR count). The number of rotatable bonds is 4. The molecule has 1 aliphatic heterocycles. The van der Waals surface area contributed by atoms with Gasteiger partial charge in [-0.05, 0) is 59.4 Å². The van der Waals surface area contributed by atoms with Crippen LogP contribution in [0, 0.1) is 11.7 Å². The summed E-state index contributed by atoms with van der Waals surface area (Å²) in [5.74, 6) is 0.0486. The van der Waals surface area contributed by atoms with Crippen LogP contribution in [0.3, 0.4) is 0 Å². The Labute approximate surface area is 153 Å². The number of piperidine rings is 1. The second-order valence-electron chi connectivity index (χ2n) is 6.20. The Bertz CT molecular complexity index is 736. The first kappa shape index (κ1) is 17.5. The van der Waals surface area contributed by atoms with Gasteiger partial charge in [0.1, 0.15) is 5.82 Å². The molecular weight excluding hydrogens is 393 g/mol. The molecule has 0 aliphatic carbocycles.